The fourth-order valence-electron chi connectivity index (χ4n) is 7.86. The highest BCUT2D eigenvalue weighted by Crippen LogP contribution is 2.41. The lowest BCUT2D eigenvalue weighted by atomic mass is 9.85. The molecule has 0 bridgehead atoms. The van der Waals surface area contributed by atoms with Crippen LogP contribution >= 0.6 is 22.7 Å². The van der Waals surface area contributed by atoms with Crippen LogP contribution in [0.4, 0.5) is 0 Å². The van der Waals surface area contributed by atoms with Gasteiger partial charge in [-0.25, -0.2) is 0 Å². The molecular weight excluding hydrogens is 649 g/mol. The molecule has 2 fully saturated rings. The summed E-state index contributed by atoms with van der Waals surface area (Å²) in [5.41, 5.74) is 5.18. The van der Waals surface area contributed by atoms with Crippen molar-refractivity contribution in [1.82, 2.24) is 9.80 Å². The van der Waals surface area contributed by atoms with Crippen LogP contribution in [0.25, 0.3) is 31.3 Å². The molecule has 0 saturated carbocycles. The average molecular weight is 693 g/mol. The lowest BCUT2D eigenvalue weighted by molar-refractivity contribution is -0.110. The highest BCUT2D eigenvalue weighted by molar-refractivity contribution is 7.20. The van der Waals surface area contributed by atoms with Crippen molar-refractivity contribution in [2.24, 2.45) is 11.8 Å². The summed E-state index contributed by atoms with van der Waals surface area (Å²) >= 11 is 3.67. The predicted molar refractivity (Wildman–Crippen MR) is 213 cm³/mol. The Hall–Kier alpha value is -4.13. The monoisotopic (exact) mass is 692 g/mol. The van der Waals surface area contributed by atoms with Crippen LogP contribution < -0.4 is 0 Å². The van der Waals surface area contributed by atoms with E-state index < -0.39 is 0 Å². The number of piperidine rings is 2. The third-order valence-corrected chi connectivity index (χ3v) is 12.9. The van der Waals surface area contributed by atoms with E-state index >= 15 is 0 Å². The van der Waals surface area contributed by atoms with Crippen LogP contribution in [0.15, 0.2) is 133 Å². The molecule has 0 unspecified atom stereocenters. The van der Waals surface area contributed by atoms with Crippen molar-refractivity contribution in [1.29, 1.82) is 0 Å². The van der Waals surface area contributed by atoms with E-state index in [2.05, 4.69) is 131 Å². The molecule has 2 aliphatic rings. The first-order valence-electron chi connectivity index (χ1n) is 18.1. The number of thiophene rings is 2. The van der Waals surface area contributed by atoms with Crippen LogP contribution in [0.5, 0.6) is 0 Å². The summed E-state index contributed by atoms with van der Waals surface area (Å²) in [5, 5.41) is 2.52. The van der Waals surface area contributed by atoms with Crippen molar-refractivity contribution in [2.75, 3.05) is 26.2 Å². The van der Waals surface area contributed by atoms with Gasteiger partial charge in [-0.05, 0) is 133 Å². The van der Waals surface area contributed by atoms with Gasteiger partial charge < -0.3 is 0 Å². The van der Waals surface area contributed by atoms with Crippen molar-refractivity contribution < 1.29 is 4.79 Å². The van der Waals surface area contributed by atoms with Gasteiger partial charge in [0.25, 0.3) is 0 Å². The Morgan fingerprint density at radius 3 is 1.32 bits per heavy atom. The standard InChI is InChI=1S/C45H44N2OS2/c48-39(29-40(44-27-37-15-7-9-17-42(37)49-44)35-19-23-46(24-20-35)31-33-11-3-1-4-12-33)30-41(45-28-38-16-8-10-18-43(38)50-45)36-21-25-47(26-22-36)32-34-13-5-2-6-14-34/h1-18,27-30,35-36H,19-26,31-32H2. The second-order valence-corrected chi connectivity index (χ2v) is 16.1. The number of carbonyl (C=O) groups is 1. The molecule has 50 heavy (non-hydrogen) atoms. The van der Waals surface area contributed by atoms with Crippen LogP contribution in [0.1, 0.15) is 46.6 Å². The van der Waals surface area contributed by atoms with Crippen LogP contribution in [0.3, 0.4) is 0 Å². The number of likely N-dealkylation sites (tertiary alicyclic amines) is 2. The number of hydrogen-bond donors (Lipinski definition) is 0. The summed E-state index contributed by atoms with van der Waals surface area (Å²) in [6, 6.07) is 43.5. The van der Waals surface area contributed by atoms with E-state index in [4.69, 9.17) is 0 Å². The maximum absolute atomic E-state index is 14.4. The van der Waals surface area contributed by atoms with Crippen molar-refractivity contribution in [3.8, 4) is 0 Å². The van der Waals surface area contributed by atoms with Crippen molar-refractivity contribution in [2.45, 2.75) is 38.8 Å². The van der Waals surface area contributed by atoms with E-state index in [9.17, 15) is 4.79 Å². The van der Waals surface area contributed by atoms with E-state index in [0.717, 1.165) is 65.0 Å². The van der Waals surface area contributed by atoms with Gasteiger partial charge in [-0.3, -0.25) is 14.6 Å². The molecule has 0 radical (unpaired) electrons. The molecule has 5 heteroatoms. The zero-order chi connectivity index (χ0) is 33.7. The number of fused-ring (bicyclic) bond motifs is 2. The molecule has 2 saturated heterocycles. The van der Waals surface area contributed by atoms with Crippen LogP contribution in [0.2, 0.25) is 0 Å². The first kappa shape index (κ1) is 33.0. The molecule has 4 heterocycles. The summed E-state index contributed by atoms with van der Waals surface area (Å²) < 4.78 is 2.57. The van der Waals surface area contributed by atoms with E-state index in [1.165, 1.54) is 52.2 Å². The highest BCUT2D eigenvalue weighted by atomic mass is 32.1. The van der Waals surface area contributed by atoms with Gasteiger partial charge in [-0.15, -0.1) is 22.7 Å². The average Bonchev–Trinajstić information content (AvgIpc) is 3.79. The second-order valence-electron chi connectivity index (χ2n) is 14.0. The second kappa shape index (κ2) is 15.4. The Balaban J connectivity index is 1.08. The minimum absolute atomic E-state index is 0.128. The Bertz CT molecular complexity index is 1890. The Morgan fingerprint density at radius 2 is 0.920 bits per heavy atom. The zero-order valence-corrected chi connectivity index (χ0v) is 30.2. The third-order valence-electron chi connectivity index (χ3n) is 10.6. The Morgan fingerprint density at radius 1 is 0.540 bits per heavy atom. The zero-order valence-electron chi connectivity index (χ0n) is 28.5. The SMILES string of the molecule is O=C(C=C(c1cc2ccccc2s1)C1CCN(Cc2ccccc2)CC1)C=C(c1cc2ccccc2s1)C1CCN(Cc2ccccc2)CC1. The molecule has 6 aromatic rings. The lowest BCUT2D eigenvalue weighted by Gasteiger charge is -2.33. The summed E-state index contributed by atoms with van der Waals surface area (Å²) in [6.45, 7) is 6.14. The van der Waals surface area contributed by atoms with Crippen LogP contribution in [0, 0.1) is 11.8 Å². The number of benzene rings is 4. The van der Waals surface area contributed by atoms with E-state index in [0.29, 0.717) is 11.8 Å². The molecule has 2 aromatic heterocycles. The third kappa shape index (κ3) is 7.77. The lowest BCUT2D eigenvalue weighted by Crippen LogP contribution is -2.33. The highest BCUT2D eigenvalue weighted by Gasteiger charge is 2.27. The van der Waals surface area contributed by atoms with Gasteiger partial charge in [-0.2, -0.15) is 0 Å². The number of carbonyl (C=O) groups excluding carboxylic acids is 1. The van der Waals surface area contributed by atoms with Crippen molar-refractivity contribution in [3.05, 3.63) is 154 Å². The summed E-state index contributed by atoms with van der Waals surface area (Å²) in [4.78, 5) is 22.0. The topological polar surface area (TPSA) is 23.6 Å². The van der Waals surface area contributed by atoms with Gasteiger partial charge in [0.2, 0.25) is 0 Å². The van der Waals surface area contributed by atoms with E-state index in [1.54, 1.807) is 0 Å². The summed E-state index contributed by atoms with van der Waals surface area (Å²) in [6.07, 6.45) is 8.28. The van der Waals surface area contributed by atoms with Gasteiger partial charge in [0.1, 0.15) is 0 Å². The molecule has 8 rings (SSSR count). The van der Waals surface area contributed by atoms with Crippen LogP contribution in [-0.4, -0.2) is 41.8 Å². The molecule has 252 valence electrons. The molecule has 0 N–H and O–H groups in total. The molecule has 3 nitrogen and oxygen atoms in total. The molecule has 0 spiro atoms. The quantitative estimate of drug-likeness (QED) is 0.134. The number of nitrogens with zero attached hydrogens (tertiary/aromatic N) is 2. The largest absolute Gasteiger partial charge is 0.299 e. The van der Waals surface area contributed by atoms with Gasteiger partial charge in [0.05, 0.1) is 0 Å². The molecule has 0 amide bonds. The van der Waals surface area contributed by atoms with Gasteiger partial charge >= 0.3 is 0 Å². The smallest absolute Gasteiger partial charge is 0.179 e. The minimum atomic E-state index is 0.128. The Labute approximate surface area is 304 Å². The summed E-state index contributed by atoms with van der Waals surface area (Å²) in [7, 11) is 0. The first-order chi connectivity index (χ1) is 24.6. The number of rotatable bonds is 10. The molecular formula is C45H44N2OS2. The maximum Gasteiger partial charge on any atom is 0.179 e. The first-order valence-corrected chi connectivity index (χ1v) is 19.8. The van der Waals surface area contributed by atoms with Crippen molar-refractivity contribution in [3.63, 3.8) is 0 Å². The van der Waals surface area contributed by atoms with Gasteiger partial charge in [0, 0.05) is 32.2 Å². The van der Waals surface area contributed by atoms with Crippen molar-refractivity contribution >= 4 is 59.8 Å². The molecule has 2 aliphatic heterocycles. The normalized spacial score (nSPS) is 17.5. The number of allylic oxidation sites excluding steroid dienone is 4. The van der Waals surface area contributed by atoms with E-state index in [1.807, 2.05) is 34.8 Å². The fraction of sp³-hybridized carbons (Fsp3) is 0.267. The van der Waals surface area contributed by atoms with Gasteiger partial charge in [0.15, 0.2) is 5.78 Å². The van der Waals surface area contributed by atoms with E-state index in [-0.39, 0.29) is 5.78 Å². The minimum Gasteiger partial charge on any atom is -0.299 e. The fourth-order valence-corrected chi connectivity index (χ4v) is 10.2. The molecule has 0 atom stereocenters. The Kier molecular flexibility index (Phi) is 10.2. The van der Waals surface area contributed by atoms with Crippen LogP contribution in [-0.2, 0) is 17.9 Å². The molecule has 4 aromatic carbocycles. The number of ketones is 1. The number of hydrogen-bond acceptors (Lipinski definition) is 5. The summed E-state index contributed by atoms with van der Waals surface area (Å²) in [5.74, 6) is 0.853. The molecule has 0 aliphatic carbocycles. The van der Waals surface area contributed by atoms with Gasteiger partial charge in [-0.1, -0.05) is 97.1 Å². The predicted octanol–water partition coefficient (Wildman–Crippen LogP) is 11.0. The maximum atomic E-state index is 14.4.